The van der Waals surface area contributed by atoms with E-state index in [1.165, 1.54) is 17.3 Å². The lowest BCUT2D eigenvalue weighted by atomic mass is 10.0. The minimum atomic E-state index is -3.62. The average Bonchev–Trinajstić information content (AvgIpc) is 3.18. The van der Waals surface area contributed by atoms with E-state index in [4.69, 9.17) is 0 Å². The summed E-state index contributed by atoms with van der Waals surface area (Å²) in [7, 11) is -2.18. The highest BCUT2D eigenvalue weighted by Crippen LogP contribution is 2.22. The second kappa shape index (κ2) is 12.1. The molecule has 2 atom stereocenters. The number of thiophene rings is 1. The number of unbranched alkanes of at least 4 members (excludes halogenated alkanes) is 1. The van der Waals surface area contributed by atoms with E-state index in [0.717, 1.165) is 17.4 Å². The first-order valence-electron chi connectivity index (χ1n) is 9.82. The number of amides is 2. The summed E-state index contributed by atoms with van der Waals surface area (Å²) in [5.41, 5.74) is 0.106. The molecule has 0 aliphatic carbocycles. The Balaban J connectivity index is 2.63. The second-order valence-electron chi connectivity index (χ2n) is 7.53. The molecule has 0 fully saturated rings. The summed E-state index contributed by atoms with van der Waals surface area (Å²) in [6.45, 7) is 4.98. The van der Waals surface area contributed by atoms with Gasteiger partial charge in [0.05, 0.1) is 22.3 Å². The third kappa shape index (κ3) is 8.89. The van der Waals surface area contributed by atoms with Crippen LogP contribution < -0.4 is 10.0 Å². The molecule has 1 rings (SSSR count). The average molecular weight is 479 g/mol. The first-order chi connectivity index (χ1) is 14.4. The van der Waals surface area contributed by atoms with E-state index in [-0.39, 0.29) is 35.3 Å². The fourth-order valence-electron chi connectivity index (χ4n) is 2.62. The fraction of sp³-hybridized carbons (Fsp3) is 0.667. The van der Waals surface area contributed by atoms with Gasteiger partial charge in [-0.2, -0.15) is 0 Å². The van der Waals surface area contributed by atoms with Gasteiger partial charge in [0.15, 0.2) is 0 Å². The smallest absolute Gasteiger partial charge is 0.324 e. The van der Waals surface area contributed by atoms with Crippen LogP contribution >= 0.6 is 11.3 Å². The van der Waals surface area contributed by atoms with E-state index in [1.54, 1.807) is 13.8 Å². The van der Waals surface area contributed by atoms with Crippen LogP contribution in [0.2, 0.25) is 0 Å². The standard InChI is InChI=1S/C18H30N4O7S2/c1-5-6-7-31(28,29)20-16(12(2)3)18(25)21(4)10-14(23)9-19-17(24)13-8-15(22(26)27)30-11-13/h8,11-12,14,16,20,23H,5-7,9-10H2,1-4H3,(H,19,24). The van der Waals surface area contributed by atoms with Gasteiger partial charge in [0.1, 0.15) is 6.04 Å². The number of carbonyl (C=O) groups is 2. The van der Waals surface area contributed by atoms with Crippen LogP contribution in [0.15, 0.2) is 11.4 Å². The fourth-order valence-corrected chi connectivity index (χ4v) is 4.87. The van der Waals surface area contributed by atoms with Crippen molar-refractivity contribution in [3.8, 4) is 0 Å². The number of sulfonamides is 1. The Morgan fingerprint density at radius 1 is 1.35 bits per heavy atom. The maximum absolute atomic E-state index is 12.7. The molecule has 31 heavy (non-hydrogen) atoms. The molecule has 176 valence electrons. The maximum atomic E-state index is 12.7. The minimum Gasteiger partial charge on any atom is -0.389 e. The van der Waals surface area contributed by atoms with Gasteiger partial charge in [0.25, 0.3) is 5.91 Å². The molecule has 0 radical (unpaired) electrons. The maximum Gasteiger partial charge on any atom is 0.324 e. The molecular weight excluding hydrogens is 448 g/mol. The van der Waals surface area contributed by atoms with Gasteiger partial charge in [-0.3, -0.25) is 19.7 Å². The Labute approximate surface area is 186 Å². The molecule has 0 saturated heterocycles. The molecule has 1 aromatic rings. The Bertz CT molecular complexity index is 870. The van der Waals surface area contributed by atoms with Gasteiger partial charge in [-0.25, -0.2) is 13.1 Å². The monoisotopic (exact) mass is 478 g/mol. The molecule has 3 N–H and O–H groups in total. The summed E-state index contributed by atoms with van der Waals surface area (Å²) in [6, 6.07) is 0.167. The number of carbonyl (C=O) groups excluding carboxylic acids is 2. The Hall–Kier alpha value is -2.09. The van der Waals surface area contributed by atoms with E-state index in [0.29, 0.717) is 12.8 Å². The molecule has 1 aromatic heterocycles. The highest BCUT2D eigenvalue weighted by atomic mass is 32.2. The number of hydrogen-bond donors (Lipinski definition) is 3. The van der Waals surface area contributed by atoms with Crippen molar-refractivity contribution < 1.29 is 28.0 Å². The molecular formula is C18H30N4O7S2. The molecule has 0 saturated carbocycles. The number of hydrogen-bond acceptors (Lipinski definition) is 8. The highest BCUT2D eigenvalue weighted by Gasteiger charge is 2.30. The zero-order valence-corrected chi connectivity index (χ0v) is 19.7. The molecule has 0 aromatic carbocycles. The van der Waals surface area contributed by atoms with Crippen molar-refractivity contribution in [3.05, 3.63) is 27.1 Å². The van der Waals surface area contributed by atoms with Gasteiger partial charge >= 0.3 is 5.00 Å². The van der Waals surface area contributed by atoms with Gasteiger partial charge < -0.3 is 15.3 Å². The van der Waals surface area contributed by atoms with Crippen molar-refractivity contribution in [3.63, 3.8) is 0 Å². The van der Waals surface area contributed by atoms with E-state index < -0.39 is 38.9 Å². The van der Waals surface area contributed by atoms with Crippen LogP contribution in [-0.4, -0.2) is 73.2 Å². The van der Waals surface area contributed by atoms with Crippen LogP contribution in [0.5, 0.6) is 0 Å². The van der Waals surface area contributed by atoms with Gasteiger partial charge in [0, 0.05) is 31.6 Å². The van der Waals surface area contributed by atoms with E-state index >= 15 is 0 Å². The molecule has 0 aliphatic heterocycles. The van der Waals surface area contributed by atoms with Crippen LogP contribution in [0.3, 0.4) is 0 Å². The zero-order valence-electron chi connectivity index (χ0n) is 18.0. The van der Waals surface area contributed by atoms with E-state index in [2.05, 4.69) is 10.0 Å². The number of aliphatic hydroxyl groups is 1. The van der Waals surface area contributed by atoms with Crippen LogP contribution in [0.4, 0.5) is 5.00 Å². The topological polar surface area (TPSA) is 159 Å². The summed E-state index contributed by atoms with van der Waals surface area (Å²) >= 11 is 0.818. The lowest BCUT2D eigenvalue weighted by molar-refractivity contribution is -0.380. The van der Waals surface area contributed by atoms with Crippen molar-refractivity contribution in [2.75, 3.05) is 25.9 Å². The van der Waals surface area contributed by atoms with Crippen LogP contribution in [0, 0.1) is 16.0 Å². The van der Waals surface area contributed by atoms with Crippen LogP contribution in [0.1, 0.15) is 44.0 Å². The van der Waals surface area contributed by atoms with Crippen LogP contribution in [-0.2, 0) is 14.8 Å². The van der Waals surface area contributed by atoms with Gasteiger partial charge in [-0.15, -0.1) is 0 Å². The third-order valence-electron chi connectivity index (χ3n) is 4.39. The molecule has 13 heteroatoms. The number of aliphatic hydroxyl groups excluding tert-OH is 1. The van der Waals surface area contributed by atoms with Crippen molar-refractivity contribution in [2.24, 2.45) is 5.92 Å². The van der Waals surface area contributed by atoms with Crippen molar-refractivity contribution in [1.29, 1.82) is 0 Å². The Morgan fingerprint density at radius 2 is 2.00 bits per heavy atom. The van der Waals surface area contributed by atoms with E-state index in [9.17, 15) is 33.2 Å². The molecule has 0 aliphatic rings. The lowest BCUT2D eigenvalue weighted by Gasteiger charge is -2.28. The van der Waals surface area contributed by atoms with Gasteiger partial charge in [-0.05, 0) is 12.3 Å². The predicted octanol–water partition coefficient (Wildman–Crippen LogP) is 0.950. The normalized spacial score (nSPS) is 13.6. The SMILES string of the molecule is CCCCS(=O)(=O)NC(C(=O)N(C)CC(O)CNC(=O)c1csc([N+](=O)[O-])c1)C(C)C. The minimum absolute atomic E-state index is 0.0703. The summed E-state index contributed by atoms with van der Waals surface area (Å²) < 4.78 is 26.8. The predicted molar refractivity (Wildman–Crippen MR) is 117 cm³/mol. The summed E-state index contributed by atoms with van der Waals surface area (Å²) in [5.74, 6) is -1.45. The number of nitro groups is 1. The van der Waals surface area contributed by atoms with Crippen molar-refractivity contribution in [2.45, 2.75) is 45.8 Å². The van der Waals surface area contributed by atoms with Gasteiger partial charge in [0.2, 0.25) is 15.9 Å². The first kappa shape index (κ1) is 26.9. The quantitative estimate of drug-likeness (QED) is 0.281. The summed E-state index contributed by atoms with van der Waals surface area (Å²) in [4.78, 5) is 36.1. The largest absolute Gasteiger partial charge is 0.389 e. The molecule has 2 unspecified atom stereocenters. The van der Waals surface area contributed by atoms with E-state index in [1.807, 2.05) is 6.92 Å². The summed E-state index contributed by atoms with van der Waals surface area (Å²) in [5, 5.41) is 24.5. The second-order valence-corrected chi connectivity index (χ2v) is 10.3. The number of nitrogens with one attached hydrogen (secondary N) is 2. The third-order valence-corrected chi connectivity index (χ3v) is 6.71. The molecule has 2 amide bonds. The van der Waals surface area contributed by atoms with Crippen LogP contribution in [0.25, 0.3) is 0 Å². The van der Waals surface area contributed by atoms with Crippen molar-refractivity contribution in [1.82, 2.24) is 14.9 Å². The Kier molecular flexibility index (Phi) is 10.5. The lowest BCUT2D eigenvalue weighted by Crippen LogP contribution is -2.52. The molecule has 11 nitrogen and oxygen atoms in total. The number of rotatable bonds is 13. The highest BCUT2D eigenvalue weighted by molar-refractivity contribution is 7.89. The molecule has 1 heterocycles. The number of likely N-dealkylation sites (N-methyl/N-ethyl adjacent to an activating group) is 1. The number of nitrogens with zero attached hydrogens (tertiary/aromatic N) is 2. The molecule has 0 bridgehead atoms. The molecule has 0 spiro atoms. The van der Waals surface area contributed by atoms with Crippen molar-refractivity contribution >= 4 is 38.2 Å². The summed E-state index contributed by atoms with van der Waals surface area (Å²) in [6.07, 6.45) is 0.0733. The van der Waals surface area contributed by atoms with Gasteiger partial charge in [-0.1, -0.05) is 38.5 Å². The Morgan fingerprint density at radius 3 is 2.52 bits per heavy atom. The first-order valence-corrected chi connectivity index (χ1v) is 12.3. The zero-order chi connectivity index (χ0) is 23.8.